The van der Waals surface area contributed by atoms with Gasteiger partial charge in [-0.3, -0.25) is 4.79 Å². The minimum atomic E-state index is -0.189. The summed E-state index contributed by atoms with van der Waals surface area (Å²) in [7, 11) is 1.38. The lowest BCUT2D eigenvalue weighted by Gasteiger charge is -1.93. The van der Waals surface area contributed by atoms with Gasteiger partial charge in [0.25, 0.3) is 0 Å². The molecule has 0 N–H and O–H groups in total. The Morgan fingerprint density at radius 1 is 1.14 bits per heavy atom. The number of carbonyl (C=O) groups excluding carboxylic acids is 2. The van der Waals surface area contributed by atoms with Crippen LogP contribution in [0.3, 0.4) is 0 Å². The van der Waals surface area contributed by atoms with Crippen LogP contribution in [0.2, 0.25) is 0 Å². The van der Waals surface area contributed by atoms with Crippen LogP contribution in [0, 0.1) is 0 Å². The van der Waals surface area contributed by atoms with Gasteiger partial charge in [0.05, 0.1) is 7.11 Å². The minimum Gasteiger partial charge on any atom is -0.469 e. The molecule has 0 aromatic rings. The van der Waals surface area contributed by atoms with Gasteiger partial charge in [-0.2, -0.15) is 0 Å². The fourth-order valence-corrected chi connectivity index (χ4v) is 0.844. The molecule has 0 aliphatic heterocycles. The fourth-order valence-electron chi connectivity index (χ4n) is 0.844. The molecule has 0 fully saturated rings. The van der Waals surface area contributed by atoms with E-state index in [2.05, 4.69) is 4.74 Å². The number of ether oxygens (including phenoxy) is 1. The molecular formula is C11H16O3. The second-order valence-corrected chi connectivity index (χ2v) is 2.70. The SMILES string of the molecule is COC(=O)CC/C=C\C/C=C\CC=O. The number of methoxy groups -OCH3 is 1. The van der Waals surface area contributed by atoms with E-state index in [0.29, 0.717) is 19.3 Å². The summed E-state index contributed by atoms with van der Waals surface area (Å²) in [5.74, 6) is -0.189. The third-order valence-corrected chi connectivity index (χ3v) is 1.58. The monoisotopic (exact) mass is 196 g/mol. The van der Waals surface area contributed by atoms with Crippen LogP contribution in [-0.2, 0) is 14.3 Å². The van der Waals surface area contributed by atoms with Crippen LogP contribution >= 0.6 is 0 Å². The first kappa shape index (κ1) is 12.6. The molecule has 0 atom stereocenters. The first-order valence-corrected chi connectivity index (χ1v) is 4.61. The van der Waals surface area contributed by atoms with Crippen LogP contribution in [-0.4, -0.2) is 19.4 Å². The van der Waals surface area contributed by atoms with E-state index in [0.717, 1.165) is 12.7 Å². The van der Waals surface area contributed by atoms with Crippen molar-refractivity contribution in [1.82, 2.24) is 0 Å². The van der Waals surface area contributed by atoms with Crippen LogP contribution in [0.5, 0.6) is 0 Å². The Labute approximate surface area is 84.4 Å². The van der Waals surface area contributed by atoms with Crippen molar-refractivity contribution in [3.8, 4) is 0 Å². The Morgan fingerprint density at radius 2 is 1.79 bits per heavy atom. The maximum atomic E-state index is 10.7. The summed E-state index contributed by atoms with van der Waals surface area (Å²) in [5.41, 5.74) is 0. The zero-order valence-corrected chi connectivity index (χ0v) is 8.44. The van der Waals surface area contributed by atoms with Crippen molar-refractivity contribution in [2.24, 2.45) is 0 Å². The molecule has 0 spiro atoms. The molecule has 3 nitrogen and oxygen atoms in total. The van der Waals surface area contributed by atoms with Crippen molar-refractivity contribution in [3.05, 3.63) is 24.3 Å². The van der Waals surface area contributed by atoms with Gasteiger partial charge in [0.2, 0.25) is 0 Å². The molecule has 0 radical (unpaired) electrons. The van der Waals surface area contributed by atoms with E-state index in [1.165, 1.54) is 7.11 Å². The number of rotatable bonds is 7. The lowest BCUT2D eigenvalue weighted by atomic mass is 10.2. The number of esters is 1. The molecule has 0 unspecified atom stereocenters. The molecule has 0 aliphatic carbocycles. The highest BCUT2D eigenvalue weighted by atomic mass is 16.5. The van der Waals surface area contributed by atoms with Crippen molar-refractivity contribution in [2.75, 3.05) is 7.11 Å². The summed E-state index contributed by atoms with van der Waals surface area (Å²) in [5, 5.41) is 0. The zero-order chi connectivity index (χ0) is 10.6. The van der Waals surface area contributed by atoms with Crippen LogP contribution in [0.25, 0.3) is 0 Å². The minimum absolute atomic E-state index is 0.189. The predicted octanol–water partition coefficient (Wildman–Crippen LogP) is 2.03. The Balaban J connectivity index is 3.36. The van der Waals surface area contributed by atoms with E-state index in [1.807, 2.05) is 24.3 Å². The Bertz CT molecular complexity index is 217. The summed E-state index contributed by atoms with van der Waals surface area (Å²) in [6, 6.07) is 0. The molecule has 0 aliphatic rings. The topological polar surface area (TPSA) is 43.4 Å². The Morgan fingerprint density at radius 3 is 2.43 bits per heavy atom. The number of aldehydes is 1. The summed E-state index contributed by atoms with van der Waals surface area (Å²) < 4.78 is 4.48. The highest BCUT2D eigenvalue weighted by Gasteiger charge is 1.94. The van der Waals surface area contributed by atoms with E-state index in [4.69, 9.17) is 0 Å². The molecular weight excluding hydrogens is 180 g/mol. The van der Waals surface area contributed by atoms with Crippen molar-refractivity contribution in [2.45, 2.75) is 25.7 Å². The largest absolute Gasteiger partial charge is 0.469 e. The molecule has 0 saturated heterocycles. The van der Waals surface area contributed by atoms with Gasteiger partial charge in [-0.1, -0.05) is 24.3 Å². The fraction of sp³-hybridized carbons (Fsp3) is 0.455. The average Bonchev–Trinajstić information content (AvgIpc) is 2.21. The Kier molecular flexibility index (Phi) is 8.75. The lowest BCUT2D eigenvalue weighted by molar-refractivity contribution is -0.140. The predicted molar refractivity (Wildman–Crippen MR) is 54.8 cm³/mol. The third-order valence-electron chi connectivity index (χ3n) is 1.58. The van der Waals surface area contributed by atoms with Gasteiger partial charge >= 0.3 is 5.97 Å². The van der Waals surface area contributed by atoms with E-state index in [9.17, 15) is 9.59 Å². The summed E-state index contributed by atoms with van der Waals surface area (Å²) in [4.78, 5) is 20.6. The number of allylic oxidation sites excluding steroid dienone is 4. The van der Waals surface area contributed by atoms with Crippen LogP contribution in [0.15, 0.2) is 24.3 Å². The van der Waals surface area contributed by atoms with Gasteiger partial charge in [0, 0.05) is 12.8 Å². The highest BCUT2D eigenvalue weighted by Crippen LogP contribution is 1.95. The molecule has 14 heavy (non-hydrogen) atoms. The first-order valence-electron chi connectivity index (χ1n) is 4.61. The van der Waals surface area contributed by atoms with E-state index in [1.54, 1.807) is 0 Å². The number of hydrogen-bond acceptors (Lipinski definition) is 3. The molecule has 3 heteroatoms. The van der Waals surface area contributed by atoms with Gasteiger partial charge in [0.15, 0.2) is 0 Å². The Hall–Kier alpha value is -1.38. The molecule has 0 aromatic carbocycles. The normalized spacial score (nSPS) is 10.9. The first-order chi connectivity index (χ1) is 6.81. The summed E-state index contributed by atoms with van der Waals surface area (Å²) in [6.45, 7) is 0. The average molecular weight is 196 g/mol. The lowest BCUT2D eigenvalue weighted by Crippen LogP contribution is -1.97. The van der Waals surface area contributed by atoms with Crippen LogP contribution in [0.4, 0.5) is 0 Å². The molecule has 0 rings (SSSR count). The summed E-state index contributed by atoms with van der Waals surface area (Å²) >= 11 is 0. The second-order valence-electron chi connectivity index (χ2n) is 2.70. The van der Waals surface area contributed by atoms with Gasteiger partial charge in [-0.25, -0.2) is 0 Å². The molecule has 0 heterocycles. The van der Waals surface area contributed by atoms with Crippen LogP contribution in [0.1, 0.15) is 25.7 Å². The standard InChI is InChI=1S/C11H16O3/c1-14-11(13)9-7-5-3-2-4-6-8-10-12/h3-6,10H,2,7-9H2,1H3/b5-3-,6-4-. The number of carbonyl (C=O) groups is 2. The van der Waals surface area contributed by atoms with Gasteiger partial charge in [-0.15, -0.1) is 0 Å². The zero-order valence-electron chi connectivity index (χ0n) is 8.44. The van der Waals surface area contributed by atoms with Crippen LogP contribution < -0.4 is 0 Å². The van der Waals surface area contributed by atoms with Gasteiger partial charge in [-0.05, 0) is 12.8 Å². The van der Waals surface area contributed by atoms with E-state index >= 15 is 0 Å². The van der Waals surface area contributed by atoms with Gasteiger partial charge in [0.1, 0.15) is 6.29 Å². The van der Waals surface area contributed by atoms with Crippen molar-refractivity contribution in [1.29, 1.82) is 0 Å². The van der Waals surface area contributed by atoms with E-state index in [-0.39, 0.29) is 5.97 Å². The maximum Gasteiger partial charge on any atom is 0.305 e. The summed E-state index contributed by atoms with van der Waals surface area (Å²) in [6.07, 6.45) is 10.9. The van der Waals surface area contributed by atoms with Gasteiger partial charge < -0.3 is 9.53 Å². The van der Waals surface area contributed by atoms with Crippen molar-refractivity contribution in [3.63, 3.8) is 0 Å². The smallest absolute Gasteiger partial charge is 0.305 e. The third kappa shape index (κ3) is 8.71. The highest BCUT2D eigenvalue weighted by molar-refractivity contribution is 5.69. The maximum absolute atomic E-state index is 10.7. The van der Waals surface area contributed by atoms with Crippen molar-refractivity contribution < 1.29 is 14.3 Å². The second kappa shape index (κ2) is 9.71. The quantitative estimate of drug-likeness (QED) is 0.355. The molecule has 0 aromatic heterocycles. The molecule has 0 bridgehead atoms. The van der Waals surface area contributed by atoms with Crippen molar-refractivity contribution >= 4 is 12.3 Å². The van der Waals surface area contributed by atoms with E-state index < -0.39 is 0 Å². The molecule has 78 valence electrons. The molecule has 0 amide bonds. The number of hydrogen-bond donors (Lipinski definition) is 0. The molecule has 0 saturated carbocycles.